The number of nitrogens with zero attached hydrogens (tertiary/aromatic N) is 1. The van der Waals surface area contributed by atoms with Crippen molar-refractivity contribution in [3.8, 4) is 6.07 Å². The van der Waals surface area contributed by atoms with Crippen LogP contribution < -0.4 is 5.73 Å². The number of rotatable bonds is 4. The summed E-state index contributed by atoms with van der Waals surface area (Å²) in [6.07, 6.45) is 4.29. The van der Waals surface area contributed by atoms with E-state index in [-0.39, 0.29) is 0 Å². The molecule has 3 heteroatoms. The van der Waals surface area contributed by atoms with E-state index in [9.17, 15) is 0 Å². The van der Waals surface area contributed by atoms with Crippen molar-refractivity contribution in [3.05, 3.63) is 0 Å². The monoisotopic (exact) mass is 198 g/mol. The molecule has 0 radical (unpaired) electrons. The maximum atomic E-state index is 8.97. The fraction of sp³-hybridized carbons (Fsp3) is 0.900. The minimum Gasteiger partial charge on any atom is -0.313 e. The minimum absolute atomic E-state index is 0.441. The molecule has 0 spiro atoms. The van der Waals surface area contributed by atoms with Crippen LogP contribution in [0.1, 0.15) is 32.6 Å². The van der Waals surface area contributed by atoms with Crippen LogP contribution in [-0.2, 0) is 0 Å². The van der Waals surface area contributed by atoms with Gasteiger partial charge in [-0.05, 0) is 36.7 Å². The molecular weight excluding hydrogens is 180 g/mol. The Labute approximate surface area is 84.9 Å². The third-order valence-electron chi connectivity index (χ3n) is 2.89. The van der Waals surface area contributed by atoms with Gasteiger partial charge in [0.1, 0.15) is 5.54 Å². The lowest BCUT2D eigenvalue weighted by atomic mass is 9.88. The van der Waals surface area contributed by atoms with Gasteiger partial charge in [-0.2, -0.15) is 17.0 Å². The van der Waals surface area contributed by atoms with E-state index in [2.05, 4.69) is 13.0 Å². The Hall–Kier alpha value is -0.200. The molecule has 2 N–H and O–H groups in total. The van der Waals surface area contributed by atoms with Crippen molar-refractivity contribution in [2.75, 3.05) is 11.5 Å². The van der Waals surface area contributed by atoms with Crippen LogP contribution in [0.3, 0.4) is 0 Å². The Morgan fingerprint density at radius 2 is 2.46 bits per heavy atom. The largest absolute Gasteiger partial charge is 0.313 e. The maximum Gasteiger partial charge on any atom is 0.107 e. The Morgan fingerprint density at radius 3 is 3.08 bits per heavy atom. The zero-order valence-electron chi connectivity index (χ0n) is 8.25. The highest BCUT2D eigenvalue weighted by molar-refractivity contribution is 7.99. The van der Waals surface area contributed by atoms with Crippen molar-refractivity contribution >= 4 is 11.8 Å². The Morgan fingerprint density at radius 1 is 1.69 bits per heavy atom. The molecule has 2 unspecified atom stereocenters. The molecule has 0 heterocycles. The number of thioether (sulfide) groups is 1. The van der Waals surface area contributed by atoms with E-state index >= 15 is 0 Å². The van der Waals surface area contributed by atoms with Gasteiger partial charge in [0.05, 0.1) is 6.07 Å². The second-order valence-corrected chi connectivity index (χ2v) is 5.12. The van der Waals surface area contributed by atoms with Gasteiger partial charge < -0.3 is 5.73 Å². The summed E-state index contributed by atoms with van der Waals surface area (Å²) in [5.74, 6) is 2.76. The smallest absolute Gasteiger partial charge is 0.107 e. The molecule has 0 amide bonds. The van der Waals surface area contributed by atoms with E-state index < -0.39 is 5.54 Å². The molecule has 1 saturated carbocycles. The topological polar surface area (TPSA) is 49.8 Å². The summed E-state index contributed by atoms with van der Waals surface area (Å²) < 4.78 is 0. The Balaban J connectivity index is 2.37. The molecule has 2 atom stereocenters. The molecule has 1 rings (SSSR count). The summed E-state index contributed by atoms with van der Waals surface area (Å²) in [6, 6.07) is 2.29. The fourth-order valence-electron chi connectivity index (χ4n) is 2.02. The first-order chi connectivity index (χ1) is 6.23. The Kier molecular flexibility index (Phi) is 4.08. The average Bonchev–Trinajstić information content (AvgIpc) is 2.50. The zero-order chi connectivity index (χ0) is 9.73. The van der Waals surface area contributed by atoms with E-state index in [1.54, 1.807) is 0 Å². The first-order valence-corrected chi connectivity index (χ1v) is 6.16. The number of nitrogens with two attached hydrogens (primary N) is 1. The maximum absolute atomic E-state index is 8.97. The van der Waals surface area contributed by atoms with Crippen LogP contribution in [0.5, 0.6) is 0 Å². The van der Waals surface area contributed by atoms with Crippen molar-refractivity contribution in [1.82, 2.24) is 0 Å². The summed E-state index contributed by atoms with van der Waals surface area (Å²) in [7, 11) is 0. The number of nitriles is 1. The zero-order valence-corrected chi connectivity index (χ0v) is 9.07. The SMILES string of the molecule is CCSCCC1CCCC1(N)C#N. The molecule has 0 aromatic heterocycles. The van der Waals surface area contributed by atoms with Crippen molar-refractivity contribution < 1.29 is 0 Å². The van der Waals surface area contributed by atoms with Gasteiger partial charge in [-0.15, -0.1) is 0 Å². The predicted octanol–water partition coefficient (Wildman–Crippen LogP) is 2.15. The quantitative estimate of drug-likeness (QED) is 0.704. The third kappa shape index (κ3) is 2.62. The standard InChI is InChI=1S/C10H18N2S/c1-2-13-7-5-9-4-3-6-10(9,12)8-11/h9H,2-7,12H2,1H3. The third-order valence-corrected chi connectivity index (χ3v) is 3.83. The van der Waals surface area contributed by atoms with Crippen LogP contribution in [0, 0.1) is 17.2 Å². The van der Waals surface area contributed by atoms with Gasteiger partial charge in [0.15, 0.2) is 0 Å². The molecule has 1 aliphatic rings. The van der Waals surface area contributed by atoms with E-state index in [4.69, 9.17) is 11.0 Å². The average molecular weight is 198 g/mol. The summed E-state index contributed by atoms with van der Waals surface area (Å²) in [4.78, 5) is 0. The van der Waals surface area contributed by atoms with Gasteiger partial charge in [0.25, 0.3) is 0 Å². The van der Waals surface area contributed by atoms with Crippen LogP contribution in [0.4, 0.5) is 0 Å². The van der Waals surface area contributed by atoms with Crippen molar-refractivity contribution in [3.63, 3.8) is 0 Å². The van der Waals surface area contributed by atoms with Crippen LogP contribution in [0.2, 0.25) is 0 Å². The molecule has 0 aliphatic heterocycles. The molecule has 0 saturated heterocycles. The minimum atomic E-state index is -0.506. The molecule has 74 valence electrons. The highest BCUT2D eigenvalue weighted by atomic mass is 32.2. The normalized spacial score (nSPS) is 33.2. The number of hydrogen-bond acceptors (Lipinski definition) is 3. The van der Waals surface area contributed by atoms with Crippen LogP contribution in [0.25, 0.3) is 0 Å². The van der Waals surface area contributed by atoms with E-state index in [0.717, 1.165) is 37.2 Å². The first-order valence-electron chi connectivity index (χ1n) is 5.01. The molecule has 13 heavy (non-hydrogen) atoms. The summed E-state index contributed by atoms with van der Waals surface area (Å²) >= 11 is 1.94. The van der Waals surface area contributed by atoms with Crippen LogP contribution in [-0.4, -0.2) is 17.0 Å². The molecule has 1 aliphatic carbocycles. The lowest BCUT2D eigenvalue weighted by Crippen LogP contribution is -2.41. The lowest BCUT2D eigenvalue weighted by Gasteiger charge is -2.23. The summed E-state index contributed by atoms with van der Waals surface area (Å²) in [5.41, 5.74) is 5.51. The molecule has 1 fully saturated rings. The van der Waals surface area contributed by atoms with Crippen LogP contribution in [0.15, 0.2) is 0 Å². The van der Waals surface area contributed by atoms with Gasteiger partial charge >= 0.3 is 0 Å². The van der Waals surface area contributed by atoms with E-state index in [1.807, 2.05) is 11.8 Å². The van der Waals surface area contributed by atoms with E-state index in [1.165, 1.54) is 0 Å². The molecule has 0 aromatic rings. The van der Waals surface area contributed by atoms with Gasteiger partial charge in [-0.1, -0.05) is 13.3 Å². The van der Waals surface area contributed by atoms with Gasteiger partial charge in [-0.3, -0.25) is 0 Å². The molecule has 2 nitrogen and oxygen atoms in total. The first kappa shape index (κ1) is 10.9. The highest BCUT2D eigenvalue weighted by Crippen LogP contribution is 2.36. The predicted molar refractivity (Wildman–Crippen MR) is 57.5 cm³/mol. The molecular formula is C10H18N2S. The second-order valence-electron chi connectivity index (χ2n) is 3.73. The summed E-state index contributed by atoms with van der Waals surface area (Å²) in [5, 5.41) is 8.97. The van der Waals surface area contributed by atoms with E-state index in [0.29, 0.717) is 5.92 Å². The second kappa shape index (κ2) is 4.88. The highest BCUT2D eigenvalue weighted by Gasteiger charge is 2.38. The summed E-state index contributed by atoms with van der Waals surface area (Å²) in [6.45, 7) is 2.17. The molecule has 0 bridgehead atoms. The van der Waals surface area contributed by atoms with Crippen molar-refractivity contribution in [2.24, 2.45) is 11.7 Å². The molecule has 0 aromatic carbocycles. The lowest BCUT2D eigenvalue weighted by molar-refractivity contribution is 0.389. The fourth-order valence-corrected chi connectivity index (χ4v) is 2.76. The number of hydrogen-bond donors (Lipinski definition) is 1. The van der Waals surface area contributed by atoms with Crippen molar-refractivity contribution in [2.45, 2.75) is 38.1 Å². The van der Waals surface area contributed by atoms with Gasteiger partial charge in [0, 0.05) is 0 Å². The van der Waals surface area contributed by atoms with Crippen molar-refractivity contribution in [1.29, 1.82) is 5.26 Å². The van der Waals surface area contributed by atoms with Crippen LogP contribution >= 0.6 is 11.8 Å². The van der Waals surface area contributed by atoms with Gasteiger partial charge in [0.2, 0.25) is 0 Å². The Bertz CT molecular complexity index is 200. The van der Waals surface area contributed by atoms with Gasteiger partial charge in [-0.25, -0.2) is 0 Å².